The second-order valence-corrected chi connectivity index (χ2v) is 8.91. The average Bonchev–Trinajstić information content (AvgIpc) is 3.31. The highest BCUT2D eigenvalue weighted by molar-refractivity contribution is 7.18. The Kier molecular flexibility index (Phi) is 9.53. The molecule has 0 unspecified atom stereocenters. The number of nitrogen functional groups attached to an aromatic ring is 1. The zero-order valence-electron chi connectivity index (χ0n) is 20.1. The molecule has 0 saturated carbocycles. The zero-order valence-corrected chi connectivity index (χ0v) is 21.8. The molecule has 192 valence electrons. The van der Waals surface area contributed by atoms with Gasteiger partial charge in [-0.1, -0.05) is 29.5 Å². The molecule has 2 heterocycles. The van der Waals surface area contributed by atoms with Gasteiger partial charge in [-0.3, -0.25) is 15.0 Å². The van der Waals surface area contributed by atoms with Gasteiger partial charge in [0.05, 0.1) is 25.1 Å². The van der Waals surface area contributed by atoms with Crippen LogP contribution in [0.2, 0.25) is 0 Å². The number of nitrogens with zero attached hydrogens (tertiary/aromatic N) is 3. The van der Waals surface area contributed by atoms with E-state index in [0.717, 1.165) is 15.5 Å². The van der Waals surface area contributed by atoms with Crippen molar-refractivity contribution in [1.82, 2.24) is 9.97 Å². The molecule has 0 spiro atoms. The standard InChI is InChI=1S/C26H26N6O3S.ClH/c1-2-35-23(33)12-13-32(20-6-4-3-5-7-20)26(34)18-14-21-25(30-15-18)36-22(31-21)16-29-19-10-8-17(9-11-19)24(27)28;/h3-11,14-15,29H,2,12-13,16H2,1H3,(H3,27,28);1H. The summed E-state index contributed by atoms with van der Waals surface area (Å²) >= 11 is 1.44. The van der Waals surface area contributed by atoms with E-state index >= 15 is 0 Å². The monoisotopic (exact) mass is 538 g/mol. The van der Waals surface area contributed by atoms with Crippen molar-refractivity contribution in [3.05, 3.63) is 83.0 Å². The molecule has 0 aliphatic carbocycles. The average molecular weight is 539 g/mol. The number of rotatable bonds is 10. The van der Waals surface area contributed by atoms with Crippen molar-refractivity contribution in [2.45, 2.75) is 19.9 Å². The van der Waals surface area contributed by atoms with Crippen molar-refractivity contribution in [3.8, 4) is 0 Å². The number of esters is 1. The molecule has 0 radical (unpaired) electrons. The maximum Gasteiger partial charge on any atom is 0.307 e. The van der Waals surface area contributed by atoms with E-state index in [1.165, 1.54) is 11.3 Å². The third kappa shape index (κ3) is 7.02. The Bertz CT molecular complexity index is 1380. The maximum atomic E-state index is 13.4. The number of fused-ring (bicyclic) bond motifs is 1. The molecule has 0 aliphatic heterocycles. The highest BCUT2D eigenvalue weighted by atomic mass is 35.5. The largest absolute Gasteiger partial charge is 0.466 e. The Balaban J connectivity index is 0.00000380. The van der Waals surface area contributed by atoms with Crippen LogP contribution in [0.25, 0.3) is 10.3 Å². The molecule has 4 aromatic rings. The number of amides is 1. The number of thiazole rings is 1. The van der Waals surface area contributed by atoms with E-state index in [0.29, 0.717) is 35.5 Å². The summed E-state index contributed by atoms with van der Waals surface area (Å²) in [7, 11) is 0. The number of para-hydroxylation sites is 1. The predicted octanol–water partition coefficient (Wildman–Crippen LogP) is 4.61. The number of carbonyl (C=O) groups excluding carboxylic acids is 2. The van der Waals surface area contributed by atoms with Gasteiger partial charge in [0.15, 0.2) is 0 Å². The Hall–Kier alpha value is -4.02. The Morgan fingerprint density at radius 3 is 2.51 bits per heavy atom. The number of hydrogen-bond donors (Lipinski definition) is 3. The summed E-state index contributed by atoms with van der Waals surface area (Å²) in [5.41, 5.74) is 8.75. The van der Waals surface area contributed by atoms with Gasteiger partial charge in [-0.15, -0.1) is 12.4 Å². The number of hydrogen-bond acceptors (Lipinski definition) is 8. The molecule has 2 aromatic carbocycles. The summed E-state index contributed by atoms with van der Waals surface area (Å²) in [5, 5.41) is 11.6. The Morgan fingerprint density at radius 1 is 1.11 bits per heavy atom. The summed E-state index contributed by atoms with van der Waals surface area (Å²) in [5.74, 6) is -0.596. The van der Waals surface area contributed by atoms with Crippen LogP contribution in [-0.4, -0.2) is 40.8 Å². The SMILES string of the molecule is CCOC(=O)CCN(C(=O)c1cnc2sc(CNc3ccc(C(=N)N)cc3)nc2c1)c1ccccc1.Cl. The number of benzene rings is 2. The molecule has 37 heavy (non-hydrogen) atoms. The molecule has 0 aliphatic rings. The van der Waals surface area contributed by atoms with Crippen molar-refractivity contribution in [2.24, 2.45) is 5.73 Å². The summed E-state index contributed by atoms with van der Waals surface area (Å²) < 4.78 is 5.03. The molecule has 2 aromatic heterocycles. The van der Waals surface area contributed by atoms with Gasteiger partial charge in [-0.2, -0.15) is 0 Å². The van der Waals surface area contributed by atoms with Crippen LogP contribution in [0.5, 0.6) is 0 Å². The number of halogens is 1. The Morgan fingerprint density at radius 2 is 1.84 bits per heavy atom. The number of pyridine rings is 1. The molecule has 0 saturated heterocycles. The van der Waals surface area contributed by atoms with Crippen LogP contribution in [0.1, 0.15) is 34.3 Å². The molecular formula is C26H27ClN6O3S. The quantitative estimate of drug-likeness (QED) is 0.152. The van der Waals surface area contributed by atoms with Crippen molar-refractivity contribution in [2.75, 3.05) is 23.4 Å². The van der Waals surface area contributed by atoms with E-state index < -0.39 is 0 Å². The fourth-order valence-electron chi connectivity index (χ4n) is 3.55. The van der Waals surface area contributed by atoms with Gasteiger partial charge in [0.25, 0.3) is 5.91 Å². The van der Waals surface area contributed by atoms with Crippen LogP contribution in [-0.2, 0) is 16.1 Å². The van der Waals surface area contributed by atoms with E-state index in [-0.39, 0.29) is 43.1 Å². The van der Waals surface area contributed by atoms with Gasteiger partial charge in [-0.05, 0) is 49.4 Å². The number of carbonyl (C=O) groups is 2. The zero-order chi connectivity index (χ0) is 25.5. The highest BCUT2D eigenvalue weighted by Crippen LogP contribution is 2.24. The molecule has 11 heteroatoms. The van der Waals surface area contributed by atoms with E-state index in [1.54, 1.807) is 36.2 Å². The molecule has 0 bridgehead atoms. The molecule has 0 atom stereocenters. The van der Waals surface area contributed by atoms with Crippen LogP contribution in [0.4, 0.5) is 11.4 Å². The van der Waals surface area contributed by atoms with Gasteiger partial charge >= 0.3 is 5.97 Å². The van der Waals surface area contributed by atoms with Crippen molar-refractivity contribution >= 4 is 63.2 Å². The number of aromatic nitrogens is 2. The lowest BCUT2D eigenvalue weighted by molar-refractivity contribution is -0.142. The lowest BCUT2D eigenvalue weighted by Gasteiger charge is -2.22. The predicted molar refractivity (Wildman–Crippen MR) is 149 cm³/mol. The first-order valence-corrected chi connectivity index (χ1v) is 12.2. The van der Waals surface area contributed by atoms with Gasteiger partial charge in [0, 0.05) is 29.7 Å². The van der Waals surface area contributed by atoms with Crippen LogP contribution in [0, 0.1) is 5.41 Å². The van der Waals surface area contributed by atoms with Crippen molar-refractivity contribution in [1.29, 1.82) is 5.41 Å². The summed E-state index contributed by atoms with van der Waals surface area (Å²) in [4.78, 5) is 36.7. The molecule has 4 rings (SSSR count). The number of amidine groups is 1. The van der Waals surface area contributed by atoms with E-state index in [1.807, 2.05) is 42.5 Å². The first-order valence-electron chi connectivity index (χ1n) is 11.4. The third-order valence-electron chi connectivity index (χ3n) is 5.34. The van der Waals surface area contributed by atoms with Gasteiger partial charge in [0.1, 0.15) is 21.2 Å². The maximum absolute atomic E-state index is 13.4. The lowest BCUT2D eigenvalue weighted by atomic mass is 10.2. The molecule has 1 amide bonds. The highest BCUT2D eigenvalue weighted by Gasteiger charge is 2.20. The van der Waals surface area contributed by atoms with Crippen molar-refractivity contribution in [3.63, 3.8) is 0 Å². The third-order valence-corrected chi connectivity index (χ3v) is 6.32. The molecular weight excluding hydrogens is 512 g/mol. The van der Waals surface area contributed by atoms with Gasteiger partial charge in [0.2, 0.25) is 0 Å². The van der Waals surface area contributed by atoms with E-state index in [4.69, 9.17) is 15.9 Å². The first kappa shape index (κ1) is 27.6. The van der Waals surface area contributed by atoms with E-state index in [9.17, 15) is 9.59 Å². The normalized spacial score (nSPS) is 10.4. The van der Waals surface area contributed by atoms with Gasteiger partial charge < -0.3 is 20.7 Å². The van der Waals surface area contributed by atoms with Crippen molar-refractivity contribution < 1.29 is 14.3 Å². The number of anilines is 2. The van der Waals surface area contributed by atoms with E-state index in [2.05, 4.69) is 15.3 Å². The number of nitrogens with two attached hydrogens (primary N) is 1. The van der Waals surface area contributed by atoms with Crippen LogP contribution < -0.4 is 16.0 Å². The second-order valence-electron chi connectivity index (χ2n) is 7.85. The second kappa shape index (κ2) is 12.8. The summed E-state index contributed by atoms with van der Waals surface area (Å²) in [6.45, 7) is 2.72. The minimum atomic E-state index is -0.354. The van der Waals surface area contributed by atoms with Crippen LogP contribution in [0.3, 0.4) is 0 Å². The minimum Gasteiger partial charge on any atom is -0.466 e. The van der Waals surface area contributed by atoms with Gasteiger partial charge in [-0.25, -0.2) is 9.97 Å². The smallest absolute Gasteiger partial charge is 0.307 e. The topological polar surface area (TPSA) is 134 Å². The summed E-state index contributed by atoms with van der Waals surface area (Å²) in [6.07, 6.45) is 1.63. The lowest BCUT2D eigenvalue weighted by Crippen LogP contribution is -2.33. The Labute approximate surface area is 224 Å². The van der Waals surface area contributed by atoms with Crippen LogP contribution in [0.15, 0.2) is 66.9 Å². The molecule has 4 N–H and O–H groups in total. The molecule has 0 fully saturated rings. The number of ether oxygens (including phenoxy) is 1. The minimum absolute atomic E-state index is 0. The summed E-state index contributed by atoms with van der Waals surface area (Å²) in [6, 6.07) is 18.2. The number of nitrogens with one attached hydrogen (secondary N) is 2. The fraction of sp³-hybridized carbons (Fsp3) is 0.192. The van der Waals surface area contributed by atoms with Crippen LogP contribution >= 0.6 is 23.7 Å². The fourth-order valence-corrected chi connectivity index (χ4v) is 4.38. The molecule has 9 nitrogen and oxygen atoms in total. The first-order chi connectivity index (χ1) is 17.4.